The second-order valence-electron chi connectivity index (χ2n) is 4.88. The Morgan fingerprint density at radius 2 is 2.27 bits per heavy atom. The molecule has 0 fully saturated rings. The van der Waals surface area contributed by atoms with E-state index in [2.05, 4.69) is 28.6 Å². The fraction of sp³-hybridized carbons (Fsp3) is 0.818. The molecule has 4 nitrogen and oxygen atoms in total. The maximum atomic E-state index is 5.69. The first-order chi connectivity index (χ1) is 7.20. The third kappa shape index (κ3) is 2.20. The van der Waals surface area contributed by atoms with E-state index >= 15 is 0 Å². The van der Waals surface area contributed by atoms with Gasteiger partial charge in [-0.1, -0.05) is 13.8 Å². The summed E-state index contributed by atoms with van der Waals surface area (Å²) in [5.41, 5.74) is 5.69. The zero-order valence-corrected chi connectivity index (χ0v) is 9.61. The molecule has 0 saturated carbocycles. The van der Waals surface area contributed by atoms with Crippen molar-refractivity contribution in [3.05, 3.63) is 11.6 Å². The Labute approximate surface area is 90.9 Å². The molecule has 0 bridgehead atoms. The average molecular weight is 208 g/mol. The summed E-state index contributed by atoms with van der Waals surface area (Å²) < 4.78 is 2.28. The first-order valence-corrected chi connectivity index (χ1v) is 5.81. The summed E-state index contributed by atoms with van der Waals surface area (Å²) in [6.07, 6.45) is 3.20. The van der Waals surface area contributed by atoms with Gasteiger partial charge in [-0.25, -0.2) is 0 Å². The molecule has 4 heteroatoms. The largest absolute Gasteiger partial charge is 0.330 e. The van der Waals surface area contributed by atoms with Crippen molar-refractivity contribution in [2.75, 3.05) is 6.54 Å². The summed E-state index contributed by atoms with van der Waals surface area (Å²) in [6, 6.07) is 0. The molecule has 2 N–H and O–H groups in total. The van der Waals surface area contributed by atoms with Gasteiger partial charge in [0.2, 0.25) is 0 Å². The summed E-state index contributed by atoms with van der Waals surface area (Å²) in [5.74, 6) is 3.53. The Morgan fingerprint density at radius 1 is 1.47 bits per heavy atom. The predicted molar refractivity (Wildman–Crippen MR) is 59.4 cm³/mol. The number of hydrogen-bond donors (Lipinski definition) is 1. The van der Waals surface area contributed by atoms with E-state index < -0.39 is 0 Å². The number of rotatable bonds is 3. The minimum absolute atomic E-state index is 0.605. The van der Waals surface area contributed by atoms with Gasteiger partial charge in [0.1, 0.15) is 11.6 Å². The van der Waals surface area contributed by atoms with Crippen LogP contribution in [0, 0.1) is 11.8 Å². The van der Waals surface area contributed by atoms with Gasteiger partial charge in [0, 0.05) is 19.4 Å². The average Bonchev–Trinajstić information content (AvgIpc) is 2.60. The van der Waals surface area contributed by atoms with Crippen LogP contribution < -0.4 is 5.73 Å². The Hall–Kier alpha value is -0.900. The summed E-state index contributed by atoms with van der Waals surface area (Å²) in [5, 5.41) is 8.54. The summed E-state index contributed by atoms with van der Waals surface area (Å²) in [7, 11) is 0. The van der Waals surface area contributed by atoms with Crippen molar-refractivity contribution in [3.8, 4) is 0 Å². The fourth-order valence-corrected chi connectivity index (χ4v) is 2.17. The Morgan fingerprint density at radius 3 is 2.93 bits per heavy atom. The van der Waals surface area contributed by atoms with Crippen molar-refractivity contribution in [2.24, 2.45) is 17.6 Å². The molecule has 1 atom stereocenters. The molecule has 0 aromatic carbocycles. The van der Waals surface area contributed by atoms with E-state index in [0.29, 0.717) is 11.8 Å². The zero-order valence-electron chi connectivity index (χ0n) is 9.61. The normalized spacial score (nSPS) is 20.7. The molecule has 15 heavy (non-hydrogen) atoms. The standard InChI is InChI=1S/C11H20N4/c1-8(2)5-10-13-14-11-6-9(7-12)3-4-15(10)11/h8-9H,3-7,12H2,1-2H3. The van der Waals surface area contributed by atoms with E-state index in [1.165, 1.54) is 6.42 Å². The van der Waals surface area contributed by atoms with E-state index in [-0.39, 0.29) is 0 Å². The number of fused-ring (bicyclic) bond motifs is 1. The highest BCUT2D eigenvalue weighted by Crippen LogP contribution is 2.20. The van der Waals surface area contributed by atoms with Crippen molar-refractivity contribution < 1.29 is 0 Å². The molecule has 2 heterocycles. The molecule has 2 rings (SSSR count). The molecular weight excluding hydrogens is 188 g/mol. The SMILES string of the molecule is CC(C)Cc1nnc2n1CCC(CN)C2. The summed E-state index contributed by atoms with van der Waals surface area (Å²) in [4.78, 5) is 0. The molecule has 0 radical (unpaired) electrons. The molecule has 1 aliphatic heterocycles. The lowest BCUT2D eigenvalue weighted by molar-refractivity contribution is 0.381. The molecule has 84 valence electrons. The van der Waals surface area contributed by atoms with Gasteiger partial charge in [-0.05, 0) is 24.8 Å². The summed E-state index contributed by atoms with van der Waals surface area (Å²) in [6.45, 7) is 6.25. The highest BCUT2D eigenvalue weighted by Gasteiger charge is 2.21. The quantitative estimate of drug-likeness (QED) is 0.806. The number of nitrogens with zero attached hydrogens (tertiary/aromatic N) is 3. The van der Waals surface area contributed by atoms with Gasteiger partial charge in [-0.15, -0.1) is 10.2 Å². The smallest absolute Gasteiger partial charge is 0.133 e. The van der Waals surface area contributed by atoms with E-state index in [1.54, 1.807) is 0 Å². The van der Waals surface area contributed by atoms with Gasteiger partial charge in [0.25, 0.3) is 0 Å². The van der Waals surface area contributed by atoms with E-state index in [1.807, 2.05) is 0 Å². The van der Waals surface area contributed by atoms with Crippen LogP contribution in [0.5, 0.6) is 0 Å². The van der Waals surface area contributed by atoms with Gasteiger partial charge in [0.05, 0.1) is 0 Å². The van der Waals surface area contributed by atoms with Crippen LogP contribution in [0.4, 0.5) is 0 Å². The summed E-state index contributed by atoms with van der Waals surface area (Å²) >= 11 is 0. The fourth-order valence-electron chi connectivity index (χ4n) is 2.17. The van der Waals surface area contributed by atoms with Crippen molar-refractivity contribution in [2.45, 2.75) is 39.7 Å². The van der Waals surface area contributed by atoms with E-state index in [9.17, 15) is 0 Å². The third-order valence-electron chi connectivity index (χ3n) is 3.06. The number of aromatic nitrogens is 3. The second kappa shape index (κ2) is 4.31. The van der Waals surface area contributed by atoms with Gasteiger partial charge in [-0.3, -0.25) is 0 Å². The molecule has 0 saturated heterocycles. The van der Waals surface area contributed by atoms with E-state index in [4.69, 9.17) is 5.73 Å². The molecular formula is C11H20N4. The maximum Gasteiger partial charge on any atom is 0.133 e. The first kappa shape index (κ1) is 10.6. The van der Waals surface area contributed by atoms with Crippen LogP contribution >= 0.6 is 0 Å². The van der Waals surface area contributed by atoms with Crippen LogP contribution in [0.15, 0.2) is 0 Å². The highest BCUT2D eigenvalue weighted by molar-refractivity contribution is 5.01. The number of nitrogens with two attached hydrogens (primary N) is 1. The van der Waals surface area contributed by atoms with Crippen LogP contribution in [-0.4, -0.2) is 21.3 Å². The predicted octanol–water partition coefficient (Wildman–Crippen LogP) is 0.998. The van der Waals surface area contributed by atoms with Crippen LogP contribution in [-0.2, 0) is 19.4 Å². The monoisotopic (exact) mass is 208 g/mol. The van der Waals surface area contributed by atoms with Gasteiger partial charge in [-0.2, -0.15) is 0 Å². The van der Waals surface area contributed by atoms with Crippen LogP contribution in [0.25, 0.3) is 0 Å². The Balaban J connectivity index is 2.15. The molecule has 1 unspecified atom stereocenters. The lowest BCUT2D eigenvalue weighted by Gasteiger charge is -2.22. The lowest BCUT2D eigenvalue weighted by atomic mass is 9.98. The van der Waals surface area contributed by atoms with Crippen LogP contribution in [0.3, 0.4) is 0 Å². The van der Waals surface area contributed by atoms with Crippen molar-refractivity contribution >= 4 is 0 Å². The first-order valence-electron chi connectivity index (χ1n) is 5.81. The molecule has 1 aromatic rings. The van der Waals surface area contributed by atoms with Gasteiger partial charge < -0.3 is 10.3 Å². The van der Waals surface area contributed by atoms with Crippen LogP contribution in [0.2, 0.25) is 0 Å². The Kier molecular flexibility index (Phi) is 3.05. The Bertz CT molecular complexity index is 329. The second-order valence-corrected chi connectivity index (χ2v) is 4.88. The third-order valence-corrected chi connectivity index (χ3v) is 3.06. The highest BCUT2D eigenvalue weighted by atomic mass is 15.3. The molecule has 1 aromatic heterocycles. The topological polar surface area (TPSA) is 56.7 Å². The minimum Gasteiger partial charge on any atom is -0.330 e. The van der Waals surface area contributed by atoms with Crippen molar-refractivity contribution in [3.63, 3.8) is 0 Å². The molecule has 0 amide bonds. The molecule has 0 aliphatic carbocycles. The van der Waals surface area contributed by atoms with E-state index in [0.717, 1.165) is 37.6 Å². The van der Waals surface area contributed by atoms with Crippen molar-refractivity contribution in [1.82, 2.24) is 14.8 Å². The van der Waals surface area contributed by atoms with Crippen molar-refractivity contribution in [1.29, 1.82) is 0 Å². The maximum absolute atomic E-state index is 5.69. The minimum atomic E-state index is 0.605. The molecule has 1 aliphatic rings. The van der Waals surface area contributed by atoms with Gasteiger partial charge >= 0.3 is 0 Å². The number of hydrogen-bond acceptors (Lipinski definition) is 3. The lowest BCUT2D eigenvalue weighted by Crippen LogP contribution is -2.26. The van der Waals surface area contributed by atoms with Crippen LogP contribution in [0.1, 0.15) is 31.9 Å². The zero-order chi connectivity index (χ0) is 10.8. The van der Waals surface area contributed by atoms with Gasteiger partial charge in [0.15, 0.2) is 0 Å². The molecule has 0 spiro atoms.